The fraction of sp³-hybridized carbons (Fsp3) is 0.714. The second kappa shape index (κ2) is 4.85. The first-order chi connectivity index (χ1) is 3.85. The van der Waals surface area contributed by atoms with E-state index in [2.05, 4.69) is 18.8 Å². The molecule has 0 amide bonds. The SMILES string of the molecule is C=CC(CCC)NC. The summed E-state index contributed by atoms with van der Waals surface area (Å²) in [7, 11) is 1.96. The van der Waals surface area contributed by atoms with E-state index in [4.69, 9.17) is 0 Å². The molecular weight excluding hydrogens is 98.1 g/mol. The van der Waals surface area contributed by atoms with Gasteiger partial charge >= 0.3 is 0 Å². The summed E-state index contributed by atoms with van der Waals surface area (Å²) < 4.78 is 0. The van der Waals surface area contributed by atoms with Crippen LogP contribution in [0.25, 0.3) is 0 Å². The first-order valence-electron chi connectivity index (χ1n) is 3.15. The van der Waals surface area contributed by atoms with E-state index in [-0.39, 0.29) is 0 Å². The molecule has 1 unspecified atom stereocenters. The number of rotatable bonds is 4. The number of hydrogen-bond donors (Lipinski definition) is 1. The molecule has 0 saturated heterocycles. The normalized spacial score (nSPS) is 13.2. The van der Waals surface area contributed by atoms with Crippen molar-refractivity contribution < 1.29 is 0 Å². The maximum Gasteiger partial charge on any atom is 0.0244 e. The van der Waals surface area contributed by atoms with Crippen molar-refractivity contribution in [3.8, 4) is 0 Å². The van der Waals surface area contributed by atoms with E-state index in [1.807, 2.05) is 13.1 Å². The van der Waals surface area contributed by atoms with Crippen LogP contribution in [0.5, 0.6) is 0 Å². The molecule has 1 atom stereocenters. The molecule has 0 aliphatic carbocycles. The zero-order valence-electron chi connectivity index (χ0n) is 5.78. The minimum Gasteiger partial charge on any atom is -0.314 e. The van der Waals surface area contributed by atoms with E-state index in [0.29, 0.717) is 6.04 Å². The van der Waals surface area contributed by atoms with Gasteiger partial charge in [0.25, 0.3) is 0 Å². The summed E-state index contributed by atoms with van der Waals surface area (Å²) >= 11 is 0. The molecule has 1 nitrogen and oxygen atoms in total. The Labute approximate surface area is 51.8 Å². The number of nitrogens with one attached hydrogen (secondary N) is 1. The Morgan fingerprint density at radius 2 is 2.38 bits per heavy atom. The Hall–Kier alpha value is -0.300. The van der Waals surface area contributed by atoms with Crippen LogP contribution in [0.15, 0.2) is 12.7 Å². The van der Waals surface area contributed by atoms with E-state index >= 15 is 0 Å². The molecule has 0 aliphatic heterocycles. The molecule has 0 aliphatic rings. The standard InChI is InChI=1S/C7H15N/c1-4-6-7(5-2)8-3/h5,7-8H,2,4,6H2,1,3H3. The Morgan fingerprint density at radius 1 is 1.75 bits per heavy atom. The smallest absolute Gasteiger partial charge is 0.0244 e. The lowest BCUT2D eigenvalue weighted by molar-refractivity contribution is 0.605. The van der Waals surface area contributed by atoms with Crippen LogP contribution in [0.4, 0.5) is 0 Å². The van der Waals surface area contributed by atoms with Crippen LogP contribution >= 0.6 is 0 Å². The molecule has 0 bridgehead atoms. The third kappa shape index (κ3) is 2.80. The van der Waals surface area contributed by atoms with Gasteiger partial charge in [-0.2, -0.15) is 0 Å². The molecule has 0 heterocycles. The Balaban J connectivity index is 3.21. The highest BCUT2D eigenvalue weighted by molar-refractivity contribution is 4.83. The molecule has 0 spiro atoms. The van der Waals surface area contributed by atoms with Gasteiger partial charge < -0.3 is 5.32 Å². The van der Waals surface area contributed by atoms with Crippen LogP contribution in [0, 0.1) is 0 Å². The fourth-order valence-electron chi connectivity index (χ4n) is 0.691. The van der Waals surface area contributed by atoms with Crippen LogP contribution in [-0.2, 0) is 0 Å². The predicted molar refractivity (Wildman–Crippen MR) is 38.0 cm³/mol. The van der Waals surface area contributed by atoms with Crippen molar-refractivity contribution in [1.82, 2.24) is 5.32 Å². The highest BCUT2D eigenvalue weighted by Gasteiger charge is 1.94. The van der Waals surface area contributed by atoms with Gasteiger partial charge in [-0.05, 0) is 13.5 Å². The van der Waals surface area contributed by atoms with Crippen molar-refractivity contribution in [3.63, 3.8) is 0 Å². The Kier molecular flexibility index (Phi) is 4.67. The minimum atomic E-state index is 0.514. The third-order valence-electron chi connectivity index (χ3n) is 1.25. The molecule has 48 valence electrons. The largest absolute Gasteiger partial charge is 0.314 e. The van der Waals surface area contributed by atoms with Gasteiger partial charge in [0.05, 0.1) is 0 Å². The quantitative estimate of drug-likeness (QED) is 0.545. The molecule has 0 aromatic carbocycles. The van der Waals surface area contributed by atoms with Crippen LogP contribution < -0.4 is 5.32 Å². The second-order valence-electron chi connectivity index (χ2n) is 1.92. The molecule has 0 saturated carbocycles. The first-order valence-corrected chi connectivity index (χ1v) is 3.15. The molecule has 1 heteroatoms. The number of likely N-dealkylation sites (N-methyl/N-ethyl adjacent to an activating group) is 1. The van der Waals surface area contributed by atoms with Crippen molar-refractivity contribution in [2.75, 3.05) is 7.05 Å². The summed E-state index contributed by atoms with van der Waals surface area (Å²) in [4.78, 5) is 0. The second-order valence-corrected chi connectivity index (χ2v) is 1.92. The van der Waals surface area contributed by atoms with Crippen molar-refractivity contribution in [2.24, 2.45) is 0 Å². The van der Waals surface area contributed by atoms with Crippen LogP contribution in [0.2, 0.25) is 0 Å². The van der Waals surface area contributed by atoms with E-state index in [9.17, 15) is 0 Å². The summed E-state index contributed by atoms with van der Waals surface area (Å²) in [6.07, 6.45) is 4.36. The van der Waals surface area contributed by atoms with Crippen molar-refractivity contribution in [1.29, 1.82) is 0 Å². The van der Waals surface area contributed by atoms with E-state index in [0.717, 1.165) is 0 Å². The van der Waals surface area contributed by atoms with E-state index < -0.39 is 0 Å². The average Bonchev–Trinajstić information content (AvgIpc) is 1.83. The van der Waals surface area contributed by atoms with Crippen LogP contribution in [0.1, 0.15) is 19.8 Å². The van der Waals surface area contributed by atoms with Gasteiger partial charge in [-0.3, -0.25) is 0 Å². The highest BCUT2D eigenvalue weighted by atomic mass is 14.8. The molecule has 8 heavy (non-hydrogen) atoms. The van der Waals surface area contributed by atoms with Crippen molar-refractivity contribution >= 4 is 0 Å². The van der Waals surface area contributed by atoms with Crippen molar-refractivity contribution in [2.45, 2.75) is 25.8 Å². The minimum absolute atomic E-state index is 0.514. The number of hydrogen-bond acceptors (Lipinski definition) is 1. The molecule has 0 fully saturated rings. The predicted octanol–water partition coefficient (Wildman–Crippen LogP) is 1.56. The molecule has 0 radical (unpaired) electrons. The Bertz CT molecular complexity index is 59.4. The summed E-state index contributed by atoms with van der Waals surface area (Å²) in [5.41, 5.74) is 0. The third-order valence-corrected chi connectivity index (χ3v) is 1.25. The zero-order valence-corrected chi connectivity index (χ0v) is 5.78. The summed E-state index contributed by atoms with van der Waals surface area (Å²) in [5.74, 6) is 0. The maximum absolute atomic E-state index is 3.69. The topological polar surface area (TPSA) is 12.0 Å². The van der Waals surface area contributed by atoms with Gasteiger partial charge in [0, 0.05) is 6.04 Å². The van der Waals surface area contributed by atoms with E-state index in [1.54, 1.807) is 0 Å². The van der Waals surface area contributed by atoms with Gasteiger partial charge in [0.2, 0.25) is 0 Å². The lowest BCUT2D eigenvalue weighted by atomic mass is 10.2. The summed E-state index contributed by atoms with van der Waals surface area (Å²) in [6.45, 7) is 5.86. The molecule has 0 rings (SSSR count). The maximum atomic E-state index is 3.69. The lowest BCUT2D eigenvalue weighted by Gasteiger charge is -2.07. The molecule has 0 aromatic heterocycles. The van der Waals surface area contributed by atoms with Crippen LogP contribution in [-0.4, -0.2) is 13.1 Å². The van der Waals surface area contributed by atoms with E-state index in [1.165, 1.54) is 12.8 Å². The molecule has 0 aromatic rings. The van der Waals surface area contributed by atoms with Crippen molar-refractivity contribution in [3.05, 3.63) is 12.7 Å². The van der Waals surface area contributed by atoms with Gasteiger partial charge in [-0.25, -0.2) is 0 Å². The van der Waals surface area contributed by atoms with Gasteiger partial charge in [-0.1, -0.05) is 19.4 Å². The summed E-state index contributed by atoms with van der Waals surface area (Å²) in [5, 5.41) is 3.13. The summed E-state index contributed by atoms with van der Waals surface area (Å²) in [6, 6.07) is 0.514. The van der Waals surface area contributed by atoms with Gasteiger partial charge in [-0.15, -0.1) is 6.58 Å². The fourth-order valence-corrected chi connectivity index (χ4v) is 0.691. The molecular formula is C7H15N. The zero-order chi connectivity index (χ0) is 6.41. The highest BCUT2D eigenvalue weighted by Crippen LogP contribution is 1.94. The Morgan fingerprint density at radius 3 is 2.50 bits per heavy atom. The lowest BCUT2D eigenvalue weighted by Crippen LogP contribution is -2.21. The first kappa shape index (κ1) is 7.70. The monoisotopic (exact) mass is 113 g/mol. The van der Waals surface area contributed by atoms with Gasteiger partial charge in [0.15, 0.2) is 0 Å². The van der Waals surface area contributed by atoms with Gasteiger partial charge in [0.1, 0.15) is 0 Å². The average molecular weight is 113 g/mol. The molecule has 1 N–H and O–H groups in total. The van der Waals surface area contributed by atoms with Crippen LogP contribution in [0.3, 0.4) is 0 Å².